The van der Waals surface area contributed by atoms with Gasteiger partial charge in [0.05, 0.1) is 6.04 Å². The standard InChI is InChI=1S/C11H15ClN2O/c1-7(14-8(2)11(13)15)9-4-3-5-10(12)6-9/h3-8,14H,1-2H3,(H2,13,15). The number of halogens is 1. The van der Waals surface area contributed by atoms with Gasteiger partial charge in [0.2, 0.25) is 5.91 Å². The molecule has 1 rings (SSSR count). The Morgan fingerprint density at radius 2 is 2.13 bits per heavy atom. The van der Waals surface area contributed by atoms with E-state index in [2.05, 4.69) is 5.32 Å². The Balaban J connectivity index is 2.68. The van der Waals surface area contributed by atoms with Crippen molar-refractivity contribution in [2.75, 3.05) is 0 Å². The summed E-state index contributed by atoms with van der Waals surface area (Å²) < 4.78 is 0. The first-order chi connectivity index (χ1) is 7.00. The van der Waals surface area contributed by atoms with Gasteiger partial charge < -0.3 is 5.73 Å². The molecule has 3 nitrogen and oxygen atoms in total. The van der Waals surface area contributed by atoms with E-state index in [0.717, 1.165) is 5.56 Å². The molecule has 2 atom stereocenters. The average Bonchev–Trinajstić information content (AvgIpc) is 2.17. The van der Waals surface area contributed by atoms with Gasteiger partial charge in [-0.2, -0.15) is 0 Å². The van der Waals surface area contributed by atoms with Gasteiger partial charge >= 0.3 is 0 Å². The highest BCUT2D eigenvalue weighted by Gasteiger charge is 2.13. The molecule has 1 aromatic rings. The van der Waals surface area contributed by atoms with Gasteiger partial charge in [-0.3, -0.25) is 10.1 Å². The van der Waals surface area contributed by atoms with Crippen molar-refractivity contribution in [1.29, 1.82) is 0 Å². The first-order valence-electron chi connectivity index (χ1n) is 4.81. The highest BCUT2D eigenvalue weighted by atomic mass is 35.5. The van der Waals surface area contributed by atoms with Gasteiger partial charge in [0.25, 0.3) is 0 Å². The van der Waals surface area contributed by atoms with Gasteiger partial charge in [-0.15, -0.1) is 0 Å². The smallest absolute Gasteiger partial charge is 0.234 e. The number of primary amides is 1. The van der Waals surface area contributed by atoms with Gasteiger partial charge in [-0.25, -0.2) is 0 Å². The fourth-order valence-electron chi connectivity index (χ4n) is 1.33. The quantitative estimate of drug-likeness (QED) is 0.824. The minimum absolute atomic E-state index is 0.0474. The zero-order valence-electron chi connectivity index (χ0n) is 8.83. The second-order valence-electron chi connectivity index (χ2n) is 3.57. The maximum Gasteiger partial charge on any atom is 0.234 e. The van der Waals surface area contributed by atoms with E-state index in [1.807, 2.05) is 31.2 Å². The molecule has 4 heteroatoms. The van der Waals surface area contributed by atoms with Crippen molar-refractivity contribution in [1.82, 2.24) is 5.32 Å². The summed E-state index contributed by atoms with van der Waals surface area (Å²) in [4.78, 5) is 10.9. The van der Waals surface area contributed by atoms with Crippen LogP contribution in [-0.4, -0.2) is 11.9 Å². The first-order valence-corrected chi connectivity index (χ1v) is 5.19. The molecule has 0 fully saturated rings. The minimum Gasteiger partial charge on any atom is -0.368 e. The Morgan fingerprint density at radius 3 is 2.67 bits per heavy atom. The van der Waals surface area contributed by atoms with Crippen molar-refractivity contribution in [2.45, 2.75) is 25.9 Å². The van der Waals surface area contributed by atoms with Crippen LogP contribution in [0.25, 0.3) is 0 Å². The molecule has 0 spiro atoms. The lowest BCUT2D eigenvalue weighted by Crippen LogP contribution is -2.39. The highest BCUT2D eigenvalue weighted by Crippen LogP contribution is 2.17. The number of carbonyl (C=O) groups is 1. The van der Waals surface area contributed by atoms with E-state index < -0.39 is 0 Å². The molecule has 0 saturated heterocycles. The fourth-order valence-corrected chi connectivity index (χ4v) is 1.53. The molecule has 0 heterocycles. The zero-order valence-corrected chi connectivity index (χ0v) is 9.58. The molecule has 15 heavy (non-hydrogen) atoms. The maximum absolute atomic E-state index is 10.9. The van der Waals surface area contributed by atoms with Crippen LogP contribution in [0.3, 0.4) is 0 Å². The number of nitrogens with one attached hydrogen (secondary N) is 1. The Bertz CT molecular complexity index is 354. The highest BCUT2D eigenvalue weighted by molar-refractivity contribution is 6.30. The molecule has 2 unspecified atom stereocenters. The summed E-state index contributed by atoms with van der Waals surface area (Å²) in [5.74, 6) is -0.358. The molecule has 1 amide bonds. The van der Waals surface area contributed by atoms with E-state index in [1.165, 1.54) is 0 Å². The van der Waals surface area contributed by atoms with E-state index in [4.69, 9.17) is 17.3 Å². The number of carbonyl (C=O) groups excluding carboxylic acids is 1. The molecule has 0 radical (unpaired) electrons. The third-order valence-electron chi connectivity index (χ3n) is 2.28. The number of nitrogens with two attached hydrogens (primary N) is 1. The normalized spacial score (nSPS) is 14.6. The number of amides is 1. The van der Waals surface area contributed by atoms with Crippen molar-refractivity contribution in [3.63, 3.8) is 0 Å². The molecule has 0 saturated carbocycles. The molecule has 0 aliphatic rings. The summed E-state index contributed by atoms with van der Waals surface area (Å²) >= 11 is 5.87. The number of hydrogen-bond acceptors (Lipinski definition) is 2. The second kappa shape index (κ2) is 5.14. The molecular weight excluding hydrogens is 212 g/mol. The lowest BCUT2D eigenvalue weighted by Gasteiger charge is -2.18. The number of benzene rings is 1. The summed E-state index contributed by atoms with van der Waals surface area (Å²) in [6, 6.07) is 7.22. The van der Waals surface area contributed by atoms with Crippen LogP contribution < -0.4 is 11.1 Å². The third kappa shape index (κ3) is 3.53. The lowest BCUT2D eigenvalue weighted by molar-refractivity contribution is -0.119. The molecular formula is C11H15ClN2O. The zero-order chi connectivity index (χ0) is 11.4. The van der Waals surface area contributed by atoms with Gasteiger partial charge in [-0.1, -0.05) is 23.7 Å². The monoisotopic (exact) mass is 226 g/mol. The topological polar surface area (TPSA) is 55.1 Å². The fraction of sp³-hybridized carbons (Fsp3) is 0.364. The van der Waals surface area contributed by atoms with Crippen LogP contribution in [0.2, 0.25) is 5.02 Å². The van der Waals surface area contributed by atoms with Gasteiger partial charge in [-0.05, 0) is 31.5 Å². The van der Waals surface area contributed by atoms with Crippen molar-refractivity contribution in [3.05, 3.63) is 34.9 Å². The maximum atomic E-state index is 10.9. The summed E-state index contributed by atoms with van der Waals surface area (Å²) in [5, 5.41) is 3.78. The van der Waals surface area contributed by atoms with Crippen molar-refractivity contribution in [3.8, 4) is 0 Å². The van der Waals surface area contributed by atoms with E-state index in [0.29, 0.717) is 5.02 Å². The van der Waals surface area contributed by atoms with Gasteiger partial charge in [0, 0.05) is 11.1 Å². The van der Waals surface area contributed by atoms with E-state index in [9.17, 15) is 4.79 Å². The van der Waals surface area contributed by atoms with E-state index in [-0.39, 0.29) is 18.0 Å². The Morgan fingerprint density at radius 1 is 1.47 bits per heavy atom. The predicted octanol–water partition coefficient (Wildman–Crippen LogP) is 1.86. The Labute approximate surface area is 94.6 Å². The van der Waals surface area contributed by atoms with E-state index >= 15 is 0 Å². The SMILES string of the molecule is CC(NC(C)c1cccc(Cl)c1)C(N)=O. The largest absolute Gasteiger partial charge is 0.368 e. The van der Waals surface area contributed by atoms with Crippen LogP contribution in [-0.2, 0) is 4.79 Å². The van der Waals surface area contributed by atoms with Crippen LogP contribution in [0.15, 0.2) is 24.3 Å². The third-order valence-corrected chi connectivity index (χ3v) is 2.51. The number of hydrogen-bond donors (Lipinski definition) is 2. The lowest BCUT2D eigenvalue weighted by atomic mass is 10.1. The van der Waals surface area contributed by atoms with Crippen molar-refractivity contribution >= 4 is 17.5 Å². The summed E-state index contributed by atoms with van der Waals surface area (Å²) in [5.41, 5.74) is 6.20. The van der Waals surface area contributed by atoms with Crippen LogP contribution in [0.4, 0.5) is 0 Å². The van der Waals surface area contributed by atoms with Crippen LogP contribution >= 0.6 is 11.6 Å². The molecule has 0 aliphatic carbocycles. The molecule has 1 aromatic carbocycles. The molecule has 82 valence electrons. The van der Waals surface area contributed by atoms with Crippen LogP contribution in [0.1, 0.15) is 25.5 Å². The second-order valence-corrected chi connectivity index (χ2v) is 4.00. The van der Waals surface area contributed by atoms with Crippen molar-refractivity contribution in [2.24, 2.45) is 5.73 Å². The van der Waals surface area contributed by atoms with Crippen molar-refractivity contribution < 1.29 is 4.79 Å². The van der Waals surface area contributed by atoms with Crippen LogP contribution in [0.5, 0.6) is 0 Å². The Kier molecular flexibility index (Phi) is 4.12. The first kappa shape index (κ1) is 12.0. The molecule has 0 bridgehead atoms. The van der Waals surface area contributed by atoms with Gasteiger partial charge in [0.15, 0.2) is 0 Å². The molecule has 0 aromatic heterocycles. The van der Waals surface area contributed by atoms with Gasteiger partial charge in [0.1, 0.15) is 0 Å². The molecule has 0 aliphatic heterocycles. The summed E-state index contributed by atoms with van der Waals surface area (Å²) in [6.45, 7) is 3.70. The number of rotatable bonds is 4. The summed E-state index contributed by atoms with van der Waals surface area (Å²) in [6.07, 6.45) is 0. The minimum atomic E-state index is -0.358. The predicted molar refractivity (Wildman–Crippen MR) is 61.7 cm³/mol. The van der Waals surface area contributed by atoms with Crippen LogP contribution in [0, 0.1) is 0 Å². The Hall–Kier alpha value is -1.06. The summed E-state index contributed by atoms with van der Waals surface area (Å²) in [7, 11) is 0. The average molecular weight is 227 g/mol. The molecule has 3 N–H and O–H groups in total. The van der Waals surface area contributed by atoms with E-state index in [1.54, 1.807) is 6.92 Å².